The molecule has 0 bridgehead atoms. The Labute approximate surface area is 117 Å². The molecule has 0 aromatic carbocycles. The van der Waals surface area contributed by atoms with Crippen molar-refractivity contribution in [2.45, 2.75) is 13.3 Å². The van der Waals surface area contributed by atoms with E-state index in [1.807, 2.05) is 31.0 Å². The largest absolute Gasteiger partial charge is 0.478 e. The number of anilines is 1. The van der Waals surface area contributed by atoms with Gasteiger partial charge >= 0.3 is 5.97 Å². The normalized spacial score (nSPS) is 10.3. The third kappa shape index (κ3) is 3.32. The van der Waals surface area contributed by atoms with Crippen molar-refractivity contribution >= 4 is 11.7 Å². The van der Waals surface area contributed by atoms with Gasteiger partial charge in [-0.2, -0.15) is 0 Å². The third-order valence-electron chi connectivity index (χ3n) is 3.15. The van der Waals surface area contributed by atoms with Crippen LogP contribution in [0.2, 0.25) is 0 Å². The number of carboxylic acids is 1. The van der Waals surface area contributed by atoms with Gasteiger partial charge in [0.25, 0.3) is 0 Å². The molecule has 5 heteroatoms. The van der Waals surface area contributed by atoms with Crippen molar-refractivity contribution in [3.8, 4) is 0 Å². The predicted molar refractivity (Wildman–Crippen MR) is 77.1 cm³/mol. The number of hydrogen-bond acceptors (Lipinski definition) is 4. The molecule has 20 heavy (non-hydrogen) atoms. The van der Waals surface area contributed by atoms with Gasteiger partial charge in [0.15, 0.2) is 0 Å². The quantitative estimate of drug-likeness (QED) is 0.902. The van der Waals surface area contributed by atoms with Crippen LogP contribution in [0.4, 0.5) is 5.69 Å². The smallest absolute Gasteiger partial charge is 0.339 e. The molecule has 1 N–H and O–H groups in total. The molecule has 0 aliphatic carbocycles. The molecule has 5 nitrogen and oxygen atoms in total. The molecular weight excluding hydrogens is 254 g/mol. The lowest BCUT2D eigenvalue weighted by Crippen LogP contribution is -2.23. The average molecular weight is 271 g/mol. The van der Waals surface area contributed by atoms with Gasteiger partial charge in [0.1, 0.15) is 5.56 Å². The van der Waals surface area contributed by atoms with Crippen molar-refractivity contribution in [3.05, 3.63) is 53.6 Å². The van der Waals surface area contributed by atoms with Crippen molar-refractivity contribution < 1.29 is 9.90 Å². The molecule has 0 spiro atoms. The first-order valence-corrected chi connectivity index (χ1v) is 6.38. The van der Waals surface area contributed by atoms with Gasteiger partial charge in [-0.3, -0.25) is 9.97 Å². The number of pyridine rings is 2. The minimum Gasteiger partial charge on any atom is -0.478 e. The van der Waals surface area contributed by atoms with E-state index in [0.29, 0.717) is 5.69 Å². The van der Waals surface area contributed by atoms with Crippen LogP contribution in [-0.4, -0.2) is 34.6 Å². The molecule has 0 aliphatic rings. The van der Waals surface area contributed by atoms with E-state index in [-0.39, 0.29) is 5.56 Å². The van der Waals surface area contributed by atoms with Gasteiger partial charge in [-0.1, -0.05) is 0 Å². The number of likely N-dealkylation sites (N-methyl/N-ethyl adjacent to an activating group) is 1. The first kappa shape index (κ1) is 14.0. The van der Waals surface area contributed by atoms with E-state index in [1.54, 1.807) is 18.5 Å². The van der Waals surface area contributed by atoms with Gasteiger partial charge in [0, 0.05) is 37.9 Å². The Hall–Kier alpha value is -2.43. The predicted octanol–water partition coefficient (Wildman–Crippen LogP) is 2.16. The number of nitrogens with zero attached hydrogens (tertiary/aromatic N) is 3. The summed E-state index contributed by atoms with van der Waals surface area (Å²) in [4.78, 5) is 21.2. The highest BCUT2D eigenvalue weighted by Crippen LogP contribution is 2.20. The molecular formula is C15H17N3O2. The van der Waals surface area contributed by atoms with Gasteiger partial charge in [-0.25, -0.2) is 4.79 Å². The Kier molecular flexibility index (Phi) is 4.30. The van der Waals surface area contributed by atoms with Crippen LogP contribution in [0.15, 0.2) is 36.8 Å². The van der Waals surface area contributed by atoms with E-state index in [9.17, 15) is 9.90 Å². The molecule has 0 saturated carbocycles. The van der Waals surface area contributed by atoms with Gasteiger partial charge in [0.2, 0.25) is 0 Å². The summed E-state index contributed by atoms with van der Waals surface area (Å²) in [5.74, 6) is -0.955. The maximum Gasteiger partial charge on any atom is 0.339 e. The number of carboxylic acid groups (broad SMARTS) is 1. The van der Waals surface area contributed by atoms with Crippen molar-refractivity contribution in [2.75, 3.05) is 18.5 Å². The minimum absolute atomic E-state index is 0.229. The van der Waals surface area contributed by atoms with Crippen LogP contribution >= 0.6 is 0 Å². The first-order chi connectivity index (χ1) is 9.58. The fourth-order valence-corrected chi connectivity index (χ4v) is 1.99. The topological polar surface area (TPSA) is 66.3 Å². The van der Waals surface area contributed by atoms with E-state index in [4.69, 9.17) is 0 Å². The van der Waals surface area contributed by atoms with Crippen LogP contribution in [0.25, 0.3) is 0 Å². The zero-order valence-corrected chi connectivity index (χ0v) is 11.6. The van der Waals surface area contributed by atoms with Crippen LogP contribution in [-0.2, 0) is 6.42 Å². The summed E-state index contributed by atoms with van der Waals surface area (Å²) in [7, 11) is 1.89. The number of aromatic carboxylic acids is 1. The molecule has 104 valence electrons. The lowest BCUT2D eigenvalue weighted by Gasteiger charge is -2.21. The highest BCUT2D eigenvalue weighted by atomic mass is 16.4. The molecule has 0 fully saturated rings. The molecule has 2 heterocycles. The Morgan fingerprint density at radius 3 is 2.70 bits per heavy atom. The summed E-state index contributed by atoms with van der Waals surface area (Å²) in [5, 5.41) is 9.22. The Bertz CT molecular complexity index is 599. The van der Waals surface area contributed by atoms with E-state index < -0.39 is 5.97 Å². The molecule has 0 amide bonds. The lowest BCUT2D eigenvalue weighted by molar-refractivity contribution is 0.0697. The fraction of sp³-hybridized carbons (Fsp3) is 0.267. The summed E-state index contributed by atoms with van der Waals surface area (Å²) in [6.07, 6.45) is 5.76. The van der Waals surface area contributed by atoms with Gasteiger partial charge in [-0.05, 0) is 37.1 Å². The minimum atomic E-state index is -0.955. The number of carbonyl (C=O) groups is 1. The second-order valence-corrected chi connectivity index (χ2v) is 4.68. The maximum absolute atomic E-state index is 11.2. The zero-order chi connectivity index (χ0) is 14.5. The van der Waals surface area contributed by atoms with Crippen molar-refractivity contribution in [2.24, 2.45) is 0 Å². The lowest BCUT2D eigenvalue weighted by atomic mass is 10.1. The second kappa shape index (κ2) is 6.14. The fourth-order valence-electron chi connectivity index (χ4n) is 1.99. The second-order valence-electron chi connectivity index (χ2n) is 4.68. The third-order valence-corrected chi connectivity index (χ3v) is 3.15. The molecule has 0 unspecified atom stereocenters. The van der Waals surface area contributed by atoms with Crippen LogP contribution in [0.3, 0.4) is 0 Å². The average Bonchev–Trinajstić information content (AvgIpc) is 2.45. The van der Waals surface area contributed by atoms with Gasteiger partial charge < -0.3 is 10.0 Å². The van der Waals surface area contributed by atoms with E-state index in [2.05, 4.69) is 9.97 Å². The van der Waals surface area contributed by atoms with E-state index in [0.717, 1.165) is 18.7 Å². The standard InChI is InChI=1S/C15H17N3O2/c1-11-9-14(13(10-17-11)15(19)20)18(2)8-5-12-3-6-16-7-4-12/h3-4,6-7,9-10H,5,8H2,1-2H3,(H,19,20). The summed E-state index contributed by atoms with van der Waals surface area (Å²) < 4.78 is 0. The highest BCUT2D eigenvalue weighted by Gasteiger charge is 2.14. The number of aromatic nitrogens is 2. The molecule has 0 radical (unpaired) electrons. The number of hydrogen-bond donors (Lipinski definition) is 1. The summed E-state index contributed by atoms with van der Waals surface area (Å²) in [5.41, 5.74) is 2.90. The zero-order valence-electron chi connectivity index (χ0n) is 11.6. The number of aryl methyl sites for hydroxylation is 1. The molecule has 2 aromatic rings. The molecule has 2 rings (SSSR count). The maximum atomic E-state index is 11.2. The van der Waals surface area contributed by atoms with Gasteiger partial charge in [-0.15, -0.1) is 0 Å². The van der Waals surface area contributed by atoms with Crippen LogP contribution in [0, 0.1) is 6.92 Å². The SMILES string of the molecule is Cc1cc(N(C)CCc2ccncc2)c(C(=O)O)cn1. The van der Waals surface area contributed by atoms with Crippen LogP contribution < -0.4 is 4.90 Å². The van der Waals surface area contributed by atoms with E-state index >= 15 is 0 Å². The Balaban J connectivity index is 2.14. The van der Waals surface area contributed by atoms with Gasteiger partial charge in [0.05, 0.1) is 5.69 Å². The van der Waals surface area contributed by atoms with Crippen molar-refractivity contribution in [1.29, 1.82) is 0 Å². The Morgan fingerprint density at radius 1 is 1.35 bits per heavy atom. The van der Waals surface area contributed by atoms with Crippen LogP contribution in [0.1, 0.15) is 21.6 Å². The summed E-state index contributed by atoms with van der Waals surface area (Å²) in [6.45, 7) is 2.58. The summed E-state index contributed by atoms with van der Waals surface area (Å²) >= 11 is 0. The molecule has 0 atom stereocenters. The summed E-state index contributed by atoms with van der Waals surface area (Å²) in [6, 6.07) is 5.73. The van der Waals surface area contributed by atoms with Crippen molar-refractivity contribution in [1.82, 2.24) is 9.97 Å². The van der Waals surface area contributed by atoms with Crippen molar-refractivity contribution in [3.63, 3.8) is 0 Å². The highest BCUT2D eigenvalue weighted by molar-refractivity contribution is 5.94. The molecule has 0 aliphatic heterocycles. The molecule has 0 saturated heterocycles. The van der Waals surface area contributed by atoms with Crippen LogP contribution in [0.5, 0.6) is 0 Å². The number of rotatable bonds is 5. The van der Waals surface area contributed by atoms with E-state index in [1.165, 1.54) is 11.8 Å². The Morgan fingerprint density at radius 2 is 2.05 bits per heavy atom. The first-order valence-electron chi connectivity index (χ1n) is 6.38. The monoisotopic (exact) mass is 271 g/mol. The molecule has 2 aromatic heterocycles.